The molecule has 2 aliphatic rings. The van der Waals surface area contributed by atoms with Gasteiger partial charge in [-0.1, -0.05) is 34.2 Å². The van der Waals surface area contributed by atoms with Gasteiger partial charge in [0.1, 0.15) is 0 Å². The van der Waals surface area contributed by atoms with Crippen LogP contribution in [0.1, 0.15) is 19.3 Å². The van der Waals surface area contributed by atoms with Crippen molar-refractivity contribution in [3.63, 3.8) is 0 Å². The Kier molecular flexibility index (Phi) is 2.30. The minimum absolute atomic E-state index is 0.0116. The van der Waals surface area contributed by atoms with Gasteiger partial charge in [0.25, 0.3) is 0 Å². The van der Waals surface area contributed by atoms with Crippen molar-refractivity contribution in [3.8, 4) is 0 Å². The molecule has 0 spiro atoms. The number of allylic oxidation sites excluding steroid dienone is 4. The molecule has 13 heavy (non-hydrogen) atoms. The molecule has 0 aromatic carbocycles. The Labute approximate surface area is 84.8 Å². The lowest BCUT2D eigenvalue weighted by Gasteiger charge is -2.26. The second-order valence-electron chi connectivity index (χ2n) is 3.80. The maximum Gasteiger partial charge on any atom is 0.244 e. The van der Waals surface area contributed by atoms with Gasteiger partial charge in [0, 0.05) is 11.3 Å². The van der Waals surface area contributed by atoms with E-state index in [9.17, 15) is 8.78 Å². The summed E-state index contributed by atoms with van der Waals surface area (Å²) in [6.07, 6.45) is 5.70. The predicted molar refractivity (Wildman–Crippen MR) is 51.9 cm³/mol. The fraction of sp³-hybridized carbons (Fsp3) is 0.600. The van der Waals surface area contributed by atoms with Crippen LogP contribution in [-0.2, 0) is 0 Å². The third kappa shape index (κ3) is 1.47. The average molecular weight is 249 g/mol. The molecule has 0 amide bonds. The fourth-order valence-corrected chi connectivity index (χ4v) is 2.77. The Morgan fingerprint density at radius 2 is 2.15 bits per heavy atom. The normalized spacial score (nSPS) is 30.5. The van der Waals surface area contributed by atoms with Crippen molar-refractivity contribution in [1.29, 1.82) is 0 Å². The molecule has 3 heteroatoms. The third-order valence-electron chi connectivity index (χ3n) is 3.05. The molecule has 1 saturated carbocycles. The molecule has 0 heterocycles. The molecule has 1 fully saturated rings. The minimum atomic E-state index is -2.18. The highest BCUT2D eigenvalue weighted by Crippen LogP contribution is 2.60. The highest BCUT2D eigenvalue weighted by molar-refractivity contribution is 9.11. The van der Waals surface area contributed by atoms with E-state index in [1.165, 1.54) is 0 Å². The Bertz CT molecular complexity index is 264. The van der Waals surface area contributed by atoms with Gasteiger partial charge >= 0.3 is 0 Å². The standard InChI is InChI=1S/C10H11BrF2/c11-8-4-2-1-3-7(8)10(5-6-10)9(12)13/h1-2,4,7,9H,3,5-6H2. The fourth-order valence-electron chi connectivity index (χ4n) is 1.98. The predicted octanol–water partition coefficient (Wildman–Crippen LogP) is 3.89. The number of halogens is 3. The zero-order valence-electron chi connectivity index (χ0n) is 7.14. The number of hydrogen-bond acceptors (Lipinski definition) is 0. The van der Waals surface area contributed by atoms with Crippen LogP contribution in [0.3, 0.4) is 0 Å². The van der Waals surface area contributed by atoms with Crippen molar-refractivity contribution in [2.75, 3.05) is 0 Å². The van der Waals surface area contributed by atoms with E-state index in [1.54, 1.807) is 0 Å². The van der Waals surface area contributed by atoms with Gasteiger partial charge in [-0.15, -0.1) is 0 Å². The van der Waals surface area contributed by atoms with Gasteiger partial charge < -0.3 is 0 Å². The molecule has 2 aliphatic carbocycles. The largest absolute Gasteiger partial charge is 0.244 e. The maximum atomic E-state index is 12.8. The lowest BCUT2D eigenvalue weighted by Crippen LogP contribution is -2.24. The lowest BCUT2D eigenvalue weighted by molar-refractivity contribution is 0.0366. The molecule has 0 radical (unpaired) electrons. The molecule has 1 unspecified atom stereocenters. The third-order valence-corrected chi connectivity index (χ3v) is 3.87. The van der Waals surface area contributed by atoms with Crippen LogP contribution in [0.4, 0.5) is 8.78 Å². The van der Waals surface area contributed by atoms with E-state index in [2.05, 4.69) is 15.9 Å². The summed E-state index contributed by atoms with van der Waals surface area (Å²) in [5.74, 6) is 0.0116. The number of rotatable bonds is 2. The van der Waals surface area contributed by atoms with E-state index in [4.69, 9.17) is 0 Å². The Morgan fingerprint density at radius 1 is 1.46 bits per heavy atom. The van der Waals surface area contributed by atoms with Crippen LogP contribution in [0.2, 0.25) is 0 Å². The van der Waals surface area contributed by atoms with Crippen molar-refractivity contribution in [2.24, 2.45) is 11.3 Å². The van der Waals surface area contributed by atoms with Gasteiger partial charge in [-0.05, 0) is 23.7 Å². The van der Waals surface area contributed by atoms with Crippen LogP contribution >= 0.6 is 15.9 Å². The molecule has 1 atom stereocenters. The molecule has 72 valence electrons. The molecule has 0 nitrogen and oxygen atoms in total. The first kappa shape index (κ1) is 9.38. The van der Waals surface area contributed by atoms with Crippen molar-refractivity contribution < 1.29 is 8.78 Å². The van der Waals surface area contributed by atoms with Crippen LogP contribution < -0.4 is 0 Å². The zero-order chi connectivity index (χ0) is 9.47. The summed E-state index contributed by atoms with van der Waals surface area (Å²) in [7, 11) is 0. The molecule has 0 N–H and O–H groups in total. The van der Waals surface area contributed by atoms with E-state index >= 15 is 0 Å². The first-order chi connectivity index (χ1) is 6.17. The summed E-state index contributed by atoms with van der Waals surface area (Å²) in [4.78, 5) is 0. The Morgan fingerprint density at radius 3 is 2.62 bits per heavy atom. The van der Waals surface area contributed by atoms with Gasteiger partial charge in [0.05, 0.1) is 0 Å². The van der Waals surface area contributed by atoms with Gasteiger partial charge in [0.2, 0.25) is 6.43 Å². The van der Waals surface area contributed by atoms with Gasteiger partial charge in [-0.2, -0.15) is 0 Å². The van der Waals surface area contributed by atoms with Gasteiger partial charge in [0.15, 0.2) is 0 Å². The van der Waals surface area contributed by atoms with Crippen molar-refractivity contribution >= 4 is 15.9 Å². The minimum Gasteiger partial charge on any atom is -0.210 e. The topological polar surface area (TPSA) is 0 Å². The second kappa shape index (κ2) is 3.19. The highest BCUT2D eigenvalue weighted by Gasteiger charge is 2.56. The van der Waals surface area contributed by atoms with Crippen molar-refractivity contribution in [1.82, 2.24) is 0 Å². The number of hydrogen-bond donors (Lipinski definition) is 0. The molecule has 0 bridgehead atoms. The van der Waals surface area contributed by atoms with E-state index < -0.39 is 11.8 Å². The molecular formula is C10H11BrF2. The van der Waals surface area contributed by atoms with Crippen LogP contribution in [0.25, 0.3) is 0 Å². The molecule has 0 aliphatic heterocycles. The molecule has 0 saturated heterocycles. The summed E-state index contributed by atoms with van der Waals surface area (Å²) in [6.45, 7) is 0. The summed E-state index contributed by atoms with van der Waals surface area (Å²) >= 11 is 3.38. The molecule has 0 aromatic rings. The van der Waals surface area contributed by atoms with Gasteiger partial charge in [-0.3, -0.25) is 0 Å². The summed E-state index contributed by atoms with van der Waals surface area (Å²) < 4.78 is 26.5. The lowest BCUT2D eigenvalue weighted by atomic mass is 9.84. The van der Waals surface area contributed by atoms with E-state index in [0.29, 0.717) is 12.8 Å². The molecule has 2 rings (SSSR count). The summed E-state index contributed by atoms with van der Waals surface area (Å²) in [5, 5.41) is 0. The molecular weight excluding hydrogens is 238 g/mol. The van der Waals surface area contributed by atoms with Crippen LogP contribution in [0.5, 0.6) is 0 Å². The van der Waals surface area contributed by atoms with Crippen LogP contribution in [0, 0.1) is 11.3 Å². The summed E-state index contributed by atoms with van der Waals surface area (Å²) in [6, 6.07) is 0. The van der Waals surface area contributed by atoms with Crippen LogP contribution in [-0.4, -0.2) is 6.43 Å². The first-order valence-corrected chi connectivity index (χ1v) is 5.26. The Hall–Kier alpha value is -0.180. The van der Waals surface area contributed by atoms with Gasteiger partial charge in [-0.25, -0.2) is 8.78 Å². The zero-order valence-corrected chi connectivity index (χ0v) is 8.73. The summed E-state index contributed by atoms with van der Waals surface area (Å²) in [5.41, 5.74) is -0.708. The average Bonchev–Trinajstić information content (AvgIpc) is 2.85. The number of alkyl halides is 2. The van der Waals surface area contributed by atoms with E-state index in [1.807, 2.05) is 18.2 Å². The van der Waals surface area contributed by atoms with Crippen molar-refractivity contribution in [2.45, 2.75) is 25.7 Å². The molecule has 0 aromatic heterocycles. The van der Waals surface area contributed by atoms with Crippen LogP contribution in [0.15, 0.2) is 22.7 Å². The van der Waals surface area contributed by atoms with E-state index in [0.717, 1.165) is 10.9 Å². The quantitative estimate of drug-likeness (QED) is 0.696. The SMILES string of the molecule is FC(F)C1(C2CC=CC=C2Br)CC1. The monoisotopic (exact) mass is 248 g/mol. The smallest absolute Gasteiger partial charge is 0.210 e. The van der Waals surface area contributed by atoms with Crippen molar-refractivity contribution in [3.05, 3.63) is 22.7 Å². The first-order valence-electron chi connectivity index (χ1n) is 4.47. The highest BCUT2D eigenvalue weighted by atomic mass is 79.9. The Balaban J connectivity index is 2.18. The second-order valence-corrected chi connectivity index (χ2v) is 4.72. The maximum absolute atomic E-state index is 12.8. The van der Waals surface area contributed by atoms with E-state index in [-0.39, 0.29) is 5.92 Å².